The van der Waals surface area contributed by atoms with Gasteiger partial charge >= 0.3 is 0 Å². The molecule has 1 amide bonds. The molecule has 0 radical (unpaired) electrons. The molecule has 0 aromatic heterocycles. The van der Waals surface area contributed by atoms with Crippen molar-refractivity contribution in [3.05, 3.63) is 35.6 Å². The van der Waals surface area contributed by atoms with Crippen LogP contribution in [0.5, 0.6) is 0 Å². The van der Waals surface area contributed by atoms with E-state index in [1.807, 2.05) is 0 Å². The van der Waals surface area contributed by atoms with E-state index in [-0.39, 0.29) is 12.2 Å². The van der Waals surface area contributed by atoms with Gasteiger partial charge in [0.15, 0.2) is 0 Å². The summed E-state index contributed by atoms with van der Waals surface area (Å²) < 4.78 is 12.7. The Kier molecular flexibility index (Phi) is 9.60. The molecule has 1 unspecified atom stereocenters. The summed E-state index contributed by atoms with van der Waals surface area (Å²) in [4.78, 5) is 20.4. The Bertz CT molecular complexity index is 336. The summed E-state index contributed by atoms with van der Waals surface area (Å²) >= 11 is 0. The van der Waals surface area contributed by atoms with Crippen molar-refractivity contribution in [2.24, 2.45) is 0 Å². The van der Waals surface area contributed by atoms with Gasteiger partial charge in [-0.3, -0.25) is 0 Å². The number of hydrogen-bond donors (Lipinski definition) is 2. The molecule has 4 nitrogen and oxygen atoms in total. The molecule has 0 spiro atoms. The van der Waals surface area contributed by atoms with Gasteiger partial charge in [0, 0.05) is 7.11 Å². The second kappa shape index (κ2) is 9.79. The first kappa shape index (κ1) is 16.7. The van der Waals surface area contributed by atoms with E-state index in [9.17, 15) is 14.0 Å². The molecule has 1 rings (SSSR count). The van der Waals surface area contributed by atoms with Crippen LogP contribution in [0.2, 0.25) is 0 Å². The summed E-state index contributed by atoms with van der Waals surface area (Å²) in [5, 5.41) is 9.20. The zero-order valence-electron chi connectivity index (χ0n) is 9.10. The molecule has 0 heterocycles. The van der Waals surface area contributed by atoms with Gasteiger partial charge in [-0.25, -0.2) is 4.39 Å². The van der Waals surface area contributed by atoms with E-state index in [0.717, 1.165) is 7.11 Å². The Balaban J connectivity index is 0. The van der Waals surface area contributed by atoms with Gasteiger partial charge in [-0.1, -0.05) is 12.1 Å². The van der Waals surface area contributed by atoms with Crippen LogP contribution < -0.4 is 5.32 Å². The van der Waals surface area contributed by atoms with Gasteiger partial charge in [0.1, 0.15) is 12.1 Å². The fourth-order valence-electron chi connectivity index (χ4n) is 1.13. The summed E-state index contributed by atoms with van der Waals surface area (Å²) in [6, 6.07) is 5.24. The minimum absolute atomic E-state index is 0. The van der Waals surface area contributed by atoms with Crippen LogP contribution in [-0.2, 0) is 16.0 Å². The zero-order valence-corrected chi connectivity index (χ0v) is 11.5. The Morgan fingerprint density at radius 1 is 1.53 bits per heavy atom. The van der Waals surface area contributed by atoms with Crippen LogP contribution in [0.25, 0.3) is 0 Å². The third kappa shape index (κ3) is 6.35. The molecule has 0 fully saturated rings. The zero-order chi connectivity index (χ0) is 12.4. The first-order chi connectivity index (χ1) is 7.76. The quantitative estimate of drug-likeness (QED) is 0.358. The number of carbonyl (C=O) groups excluding carboxylic acids is 2. The number of aliphatic hydroxyl groups excluding tert-OH is 1. The largest absolute Gasteiger partial charge is 0.521 e. The molecular formula is C11H13FFmNO3-. The van der Waals surface area contributed by atoms with Crippen LogP contribution in [0.1, 0.15) is 5.56 Å². The summed E-state index contributed by atoms with van der Waals surface area (Å²) in [5.74, 6) is -0.359. The predicted molar refractivity (Wildman–Crippen MR) is 56.9 cm³/mol. The van der Waals surface area contributed by atoms with Crippen molar-refractivity contribution in [3.8, 4) is 0 Å². The van der Waals surface area contributed by atoms with Crippen LogP contribution in [-0.4, -0.2) is 31.0 Å². The summed E-state index contributed by atoms with van der Waals surface area (Å²) in [6.07, 6.45) is 2.30. The van der Waals surface area contributed by atoms with Crippen molar-refractivity contribution in [2.45, 2.75) is 12.5 Å². The molecule has 0 saturated carbocycles. The number of nitrogens with one attached hydrogen (secondary N) is 1. The standard InChI is InChI=1S/C10H9FNO2.CH4O.Fm/c11-9-3-1-2-8(4-9)5-10(6-13)12-7-14;1-2;/h1-4,6,10H,5H2,(H,12,14);2H,1H3;/q-1;;. The molecule has 1 aromatic rings. The van der Waals surface area contributed by atoms with E-state index < -0.39 is 6.04 Å². The van der Waals surface area contributed by atoms with Crippen LogP contribution in [0.4, 0.5) is 4.39 Å². The predicted octanol–water partition coefficient (Wildman–Crippen LogP) is 0.201. The molecule has 0 saturated heterocycles. The summed E-state index contributed by atoms with van der Waals surface area (Å²) in [5.41, 5.74) is 0.657. The minimum atomic E-state index is -0.644. The van der Waals surface area contributed by atoms with Crippen molar-refractivity contribution in [1.82, 2.24) is 5.32 Å². The molecule has 0 aliphatic carbocycles. The molecule has 17 heavy (non-hydrogen) atoms. The number of hydrogen-bond acceptors (Lipinski definition) is 3. The Hall–Kier alpha value is -2.75. The number of aldehydes is 1. The van der Waals surface area contributed by atoms with Crippen LogP contribution in [0, 0.1) is 5.82 Å². The van der Waals surface area contributed by atoms with E-state index in [0.29, 0.717) is 11.8 Å². The van der Waals surface area contributed by atoms with E-state index in [2.05, 4.69) is 5.32 Å². The first-order valence-electron chi connectivity index (χ1n) is 4.53. The second-order valence-electron chi connectivity index (χ2n) is 2.82. The van der Waals surface area contributed by atoms with Gasteiger partial charge in [-0.05, 0) is 24.1 Å². The fourth-order valence-corrected chi connectivity index (χ4v) is 1.13. The molecule has 0 bridgehead atoms. The van der Waals surface area contributed by atoms with Crippen molar-refractivity contribution in [2.75, 3.05) is 7.11 Å². The monoisotopic (exact) mass is 483 g/mol. The number of rotatable bonds is 5. The number of halogens is 1. The number of amides is 1. The molecule has 0 aliphatic rings. The SMILES string of the molecule is CO.O=[C-]NC(C=O)Cc1cccc(F)c1.[Fm]. The first-order valence-corrected chi connectivity index (χ1v) is 4.53. The van der Waals surface area contributed by atoms with Crippen LogP contribution in [0.3, 0.4) is 0 Å². The molecule has 6 heteroatoms. The van der Waals surface area contributed by atoms with Gasteiger partial charge in [0.25, 0.3) is 0 Å². The fraction of sp³-hybridized carbons (Fsp3) is 0.273. The maximum absolute atomic E-state index is 12.7. The van der Waals surface area contributed by atoms with Crippen molar-refractivity contribution in [1.29, 1.82) is 0 Å². The third-order valence-electron chi connectivity index (χ3n) is 1.75. The maximum Gasteiger partial charge on any atom is 0.139 e. The van der Waals surface area contributed by atoms with Crippen LogP contribution in [0.15, 0.2) is 24.3 Å². The maximum atomic E-state index is 12.7. The van der Waals surface area contributed by atoms with E-state index in [1.165, 1.54) is 18.5 Å². The normalized spacial score (nSPS) is 10.1. The van der Waals surface area contributed by atoms with Gasteiger partial charge in [0.2, 0.25) is 0 Å². The summed E-state index contributed by atoms with van der Waals surface area (Å²) in [6.45, 7) is 0. The van der Waals surface area contributed by atoms with E-state index in [4.69, 9.17) is 5.11 Å². The molecule has 1 atom stereocenters. The van der Waals surface area contributed by atoms with Crippen molar-refractivity contribution in [3.63, 3.8) is 0 Å². The molecule has 0 aliphatic heterocycles. The van der Waals surface area contributed by atoms with Crippen LogP contribution >= 0.6 is 0 Å². The average Bonchev–Trinajstić information content (AvgIpc) is 2.31. The summed E-state index contributed by atoms with van der Waals surface area (Å²) in [7, 11) is 1.00. The van der Waals surface area contributed by atoms with Gasteiger partial charge in [-0.15, -0.1) is 0 Å². The smallest absolute Gasteiger partial charge is 0.139 e. The Labute approximate surface area is 93.1 Å². The van der Waals surface area contributed by atoms with Gasteiger partial charge in [-0.2, -0.15) is 6.41 Å². The van der Waals surface area contributed by atoms with Crippen molar-refractivity contribution < 1.29 is 19.1 Å². The molecule has 100 valence electrons. The number of aliphatic hydroxyl groups is 1. The van der Waals surface area contributed by atoms with Gasteiger partial charge in [0.05, 0.1) is 6.04 Å². The topological polar surface area (TPSA) is 66.4 Å². The minimum Gasteiger partial charge on any atom is -0.521 e. The molecular weight excluding hydrogens is 470 g/mol. The Morgan fingerprint density at radius 2 is 2.18 bits per heavy atom. The van der Waals surface area contributed by atoms with E-state index >= 15 is 0 Å². The molecule has 1 aromatic carbocycles. The van der Waals surface area contributed by atoms with E-state index in [1.54, 1.807) is 12.1 Å². The number of carbonyl (C=O) groups is 1. The average molecular weight is 483 g/mol. The molecule has 2 N–H and O–H groups in total. The Morgan fingerprint density at radius 3 is 2.65 bits per heavy atom. The number of benzene rings is 1. The van der Waals surface area contributed by atoms with Gasteiger partial charge < -0.3 is 20.0 Å². The third-order valence-corrected chi connectivity index (χ3v) is 1.75. The van der Waals surface area contributed by atoms with Crippen molar-refractivity contribution >= 4 is 12.7 Å². The second-order valence-corrected chi connectivity index (χ2v) is 2.82.